The van der Waals surface area contributed by atoms with E-state index in [1.165, 1.54) is 12.4 Å². The van der Waals surface area contributed by atoms with Crippen LogP contribution >= 0.6 is 0 Å². The van der Waals surface area contributed by atoms with Crippen LogP contribution in [0.2, 0.25) is 0 Å². The average Bonchev–Trinajstić information content (AvgIpc) is 2.01. The maximum atomic E-state index is 10.6. The summed E-state index contributed by atoms with van der Waals surface area (Å²) in [5.41, 5.74) is 4.95. The molecule has 1 aromatic heterocycles. The zero-order valence-corrected chi connectivity index (χ0v) is 5.91. The normalized spacial score (nSPS) is 9.55. The summed E-state index contributed by atoms with van der Waals surface area (Å²) in [4.78, 5) is 16.8. The summed E-state index contributed by atoms with van der Waals surface area (Å²) >= 11 is 0. The zero-order valence-electron chi connectivity index (χ0n) is 5.91. The van der Waals surface area contributed by atoms with Crippen molar-refractivity contribution in [2.75, 3.05) is 13.2 Å². The summed E-state index contributed by atoms with van der Waals surface area (Å²) in [6.45, 7) is 0.783. The first-order valence-electron chi connectivity index (χ1n) is 3.20. The molecule has 1 aromatic rings. The van der Waals surface area contributed by atoms with Crippen LogP contribution in [0.15, 0.2) is 17.2 Å². The van der Waals surface area contributed by atoms with Crippen molar-refractivity contribution >= 4 is 0 Å². The fraction of sp³-hybridized carbons (Fsp3) is 0.333. The van der Waals surface area contributed by atoms with Crippen molar-refractivity contribution in [1.82, 2.24) is 9.97 Å². The predicted molar refractivity (Wildman–Crippen MR) is 39.4 cm³/mol. The Balaban J connectivity index is 2.64. The van der Waals surface area contributed by atoms with Crippen LogP contribution in [-0.2, 0) is 0 Å². The molecule has 0 spiro atoms. The summed E-state index contributed by atoms with van der Waals surface area (Å²) in [6.07, 6.45) is 1.29. The molecule has 5 heteroatoms. The van der Waals surface area contributed by atoms with Gasteiger partial charge in [-0.1, -0.05) is 0 Å². The second-order valence-electron chi connectivity index (χ2n) is 1.89. The number of aromatic nitrogens is 2. The topological polar surface area (TPSA) is 81.0 Å². The number of nitrogens with zero attached hydrogens (tertiary/aromatic N) is 1. The van der Waals surface area contributed by atoms with Gasteiger partial charge in [0.2, 0.25) is 5.88 Å². The van der Waals surface area contributed by atoms with Crippen molar-refractivity contribution in [1.29, 1.82) is 0 Å². The minimum Gasteiger partial charge on any atom is -0.476 e. The molecule has 0 radical (unpaired) electrons. The quantitative estimate of drug-likeness (QED) is 0.593. The highest BCUT2D eigenvalue weighted by Gasteiger charge is 1.92. The van der Waals surface area contributed by atoms with E-state index in [0.717, 1.165) is 0 Å². The minimum atomic E-state index is -0.230. The van der Waals surface area contributed by atoms with Gasteiger partial charge in [-0.3, -0.25) is 4.79 Å². The number of ether oxygens (including phenoxy) is 1. The molecule has 0 unspecified atom stereocenters. The molecular weight excluding hydrogens is 146 g/mol. The highest BCUT2D eigenvalue weighted by Crippen LogP contribution is 1.96. The molecule has 0 saturated heterocycles. The van der Waals surface area contributed by atoms with E-state index in [1.54, 1.807) is 0 Å². The van der Waals surface area contributed by atoms with Gasteiger partial charge in [-0.15, -0.1) is 0 Å². The Labute approximate surface area is 63.2 Å². The number of nitrogens with two attached hydrogens (primary N) is 1. The van der Waals surface area contributed by atoms with Crippen LogP contribution < -0.4 is 16.0 Å². The number of nitrogens with one attached hydrogen (secondary N) is 1. The van der Waals surface area contributed by atoms with Crippen molar-refractivity contribution in [2.45, 2.75) is 0 Å². The molecule has 0 saturated carbocycles. The lowest BCUT2D eigenvalue weighted by atomic mass is 10.6. The molecule has 0 amide bonds. The summed E-state index contributed by atoms with van der Waals surface area (Å²) < 4.78 is 4.98. The largest absolute Gasteiger partial charge is 0.476 e. The standard InChI is InChI=1S/C6H9N3O2/c7-1-2-11-6-3-5(10)8-4-9-6/h3-4H,1-2,7H2,(H,8,9,10). The summed E-state index contributed by atoms with van der Waals surface area (Å²) in [7, 11) is 0. The van der Waals surface area contributed by atoms with Gasteiger partial charge in [0, 0.05) is 6.54 Å². The molecule has 1 heterocycles. The van der Waals surface area contributed by atoms with Crippen LogP contribution in [0.4, 0.5) is 0 Å². The highest BCUT2D eigenvalue weighted by molar-refractivity contribution is 5.04. The molecule has 0 bridgehead atoms. The van der Waals surface area contributed by atoms with Gasteiger partial charge in [-0.2, -0.15) is 0 Å². The molecule has 60 valence electrons. The second kappa shape index (κ2) is 3.72. The third-order valence-corrected chi connectivity index (χ3v) is 1.02. The molecule has 0 aromatic carbocycles. The number of hydrogen-bond donors (Lipinski definition) is 2. The zero-order chi connectivity index (χ0) is 8.10. The SMILES string of the molecule is NCCOc1cc(=O)[nH]cn1. The van der Waals surface area contributed by atoms with E-state index >= 15 is 0 Å². The lowest BCUT2D eigenvalue weighted by molar-refractivity contribution is 0.314. The monoisotopic (exact) mass is 155 g/mol. The second-order valence-corrected chi connectivity index (χ2v) is 1.89. The number of rotatable bonds is 3. The smallest absolute Gasteiger partial charge is 0.254 e. The Kier molecular flexibility index (Phi) is 2.62. The van der Waals surface area contributed by atoms with Gasteiger partial charge in [0.1, 0.15) is 6.61 Å². The van der Waals surface area contributed by atoms with Crippen molar-refractivity contribution in [3.05, 3.63) is 22.7 Å². The summed E-state index contributed by atoms with van der Waals surface area (Å²) in [6, 6.07) is 1.27. The lowest BCUT2D eigenvalue weighted by Gasteiger charge is -1.99. The predicted octanol–water partition coefficient (Wildman–Crippen LogP) is -0.893. The number of hydrogen-bond acceptors (Lipinski definition) is 4. The van der Waals surface area contributed by atoms with E-state index in [-0.39, 0.29) is 5.56 Å². The average molecular weight is 155 g/mol. The van der Waals surface area contributed by atoms with Gasteiger partial charge in [-0.05, 0) is 0 Å². The van der Waals surface area contributed by atoms with Gasteiger partial charge in [0.05, 0.1) is 12.4 Å². The molecule has 0 aliphatic heterocycles. The van der Waals surface area contributed by atoms with Crippen LogP contribution in [0, 0.1) is 0 Å². The van der Waals surface area contributed by atoms with Gasteiger partial charge in [0.25, 0.3) is 5.56 Å². The fourth-order valence-electron chi connectivity index (χ4n) is 0.593. The molecule has 0 fully saturated rings. The molecule has 0 aliphatic rings. The third kappa shape index (κ3) is 2.38. The Bertz CT molecular complexity index is 271. The number of aromatic amines is 1. The van der Waals surface area contributed by atoms with Gasteiger partial charge in [0.15, 0.2) is 0 Å². The van der Waals surface area contributed by atoms with E-state index < -0.39 is 0 Å². The van der Waals surface area contributed by atoms with Gasteiger partial charge < -0.3 is 15.5 Å². The molecule has 0 atom stereocenters. The molecular formula is C6H9N3O2. The van der Waals surface area contributed by atoms with E-state index in [0.29, 0.717) is 19.0 Å². The first-order valence-corrected chi connectivity index (χ1v) is 3.20. The fourth-order valence-corrected chi connectivity index (χ4v) is 0.593. The molecule has 1 rings (SSSR count). The Morgan fingerprint density at radius 3 is 3.18 bits per heavy atom. The molecule has 0 aliphatic carbocycles. The van der Waals surface area contributed by atoms with Crippen LogP contribution in [0.5, 0.6) is 5.88 Å². The van der Waals surface area contributed by atoms with Gasteiger partial charge in [-0.25, -0.2) is 4.98 Å². The van der Waals surface area contributed by atoms with E-state index in [4.69, 9.17) is 10.5 Å². The highest BCUT2D eigenvalue weighted by atomic mass is 16.5. The van der Waals surface area contributed by atoms with Crippen molar-refractivity contribution in [2.24, 2.45) is 5.73 Å². The van der Waals surface area contributed by atoms with E-state index in [1.807, 2.05) is 0 Å². The Morgan fingerprint density at radius 1 is 1.73 bits per heavy atom. The Hall–Kier alpha value is -1.36. The van der Waals surface area contributed by atoms with Crippen LogP contribution in [0.3, 0.4) is 0 Å². The molecule has 11 heavy (non-hydrogen) atoms. The summed E-state index contributed by atoms with van der Waals surface area (Å²) in [5.74, 6) is 0.305. The minimum absolute atomic E-state index is 0.230. The first kappa shape index (κ1) is 7.74. The lowest BCUT2D eigenvalue weighted by Crippen LogP contribution is -2.13. The number of H-pyrrole nitrogens is 1. The molecule has 5 nitrogen and oxygen atoms in total. The maximum Gasteiger partial charge on any atom is 0.254 e. The van der Waals surface area contributed by atoms with Crippen molar-refractivity contribution < 1.29 is 4.74 Å². The third-order valence-electron chi connectivity index (χ3n) is 1.02. The van der Waals surface area contributed by atoms with Crippen LogP contribution in [0.1, 0.15) is 0 Å². The van der Waals surface area contributed by atoms with Gasteiger partial charge >= 0.3 is 0 Å². The van der Waals surface area contributed by atoms with E-state index in [9.17, 15) is 4.79 Å². The van der Waals surface area contributed by atoms with Crippen LogP contribution in [-0.4, -0.2) is 23.1 Å². The maximum absolute atomic E-state index is 10.6. The molecule has 3 N–H and O–H groups in total. The van der Waals surface area contributed by atoms with Crippen molar-refractivity contribution in [3.63, 3.8) is 0 Å². The Morgan fingerprint density at radius 2 is 2.55 bits per heavy atom. The first-order chi connectivity index (χ1) is 5.33. The van der Waals surface area contributed by atoms with Crippen LogP contribution in [0.25, 0.3) is 0 Å². The summed E-state index contributed by atoms with van der Waals surface area (Å²) in [5, 5.41) is 0. The van der Waals surface area contributed by atoms with E-state index in [2.05, 4.69) is 9.97 Å². The van der Waals surface area contributed by atoms with Crippen molar-refractivity contribution in [3.8, 4) is 5.88 Å².